The average molecular weight is 548 g/mol. The number of aromatic nitrogens is 12. The summed E-state index contributed by atoms with van der Waals surface area (Å²) in [5, 5.41) is 0. The molecule has 0 aliphatic carbocycles. The van der Waals surface area contributed by atoms with Crippen LogP contribution >= 0.6 is 0 Å². The van der Waals surface area contributed by atoms with Crippen LogP contribution in [0.25, 0.3) is 33.5 Å². The molecule has 0 fully saturated rings. The van der Waals surface area contributed by atoms with Gasteiger partial charge in [-0.05, 0) is 48.5 Å². The Hall–Kier alpha value is -4.95. The fourth-order valence-corrected chi connectivity index (χ4v) is 3.90. The van der Waals surface area contributed by atoms with Gasteiger partial charge in [0.25, 0.3) is 11.1 Å². The van der Waals surface area contributed by atoms with E-state index in [-0.39, 0.29) is 23.2 Å². The molecular weight excluding hydrogens is 514 g/mol. The maximum absolute atomic E-state index is 11.5. The lowest BCUT2D eigenvalue weighted by molar-refractivity contribution is 0.612. The minimum absolute atomic E-state index is 0.174. The summed E-state index contributed by atoms with van der Waals surface area (Å²) in [5.41, 5.74) is 8.85. The molecule has 0 unspecified atom stereocenters. The van der Waals surface area contributed by atoms with Crippen LogP contribution in [0, 0.1) is 6.92 Å². The number of hydrogen-bond acceptors (Lipinski definition) is 10. The molecule has 6 aromatic heterocycles. The summed E-state index contributed by atoms with van der Waals surface area (Å²) >= 11 is 0. The van der Waals surface area contributed by atoms with Crippen molar-refractivity contribution in [3.63, 3.8) is 0 Å². The lowest BCUT2D eigenvalue weighted by Gasteiger charge is -2.06. The van der Waals surface area contributed by atoms with E-state index in [0.29, 0.717) is 45.5 Å². The van der Waals surface area contributed by atoms with Crippen molar-refractivity contribution in [2.45, 2.75) is 66.6 Å². The summed E-state index contributed by atoms with van der Waals surface area (Å²) in [5.74, 6) is 1.05. The molecule has 0 saturated carbocycles. The van der Waals surface area contributed by atoms with E-state index < -0.39 is 0 Å². The van der Waals surface area contributed by atoms with Gasteiger partial charge in [-0.15, -0.1) is 0 Å². The van der Waals surface area contributed by atoms with Gasteiger partial charge in [-0.3, -0.25) is 9.59 Å². The van der Waals surface area contributed by atoms with E-state index in [2.05, 4.69) is 58.7 Å². The number of fused-ring (bicyclic) bond motifs is 3. The molecule has 210 valence electrons. The molecule has 6 heterocycles. The van der Waals surface area contributed by atoms with Crippen molar-refractivity contribution < 1.29 is 0 Å². The lowest BCUT2D eigenvalue weighted by Crippen LogP contribution is -2.11. The Morgan fingerprint density at radius 1 is 0.675 bits per heavy atom. The van der Waals surface area contributed by atoms with Gasteiger partial charge in [0.05, 0.1) is 25.3 Å². The van der Waals surface area contributed by atoms with Crippen molar-refractivity contribution in [3.05, 3.63) is 58.2 Å². The number of rotatable bonds is 3. The highest BCUT2D eigenvalue weighted by Gasteiger charge is 2.11. The predicted molar refractivity (Wildman–Crippen MR) is 152 cm³/mol. The summed E-state index contributed by atoms with van der Waals surface area (Å²) in [6.45, 7) is 14.0. The molecular formula is C25H33N13O2. The highest BCUT2D eigenvalue weighted by atomic mass is 16.1. The maximum atomic E-state index is 11.5. The molecule has 0 aliphatic rings. The van der Waals surface area contributed by atoms with Crippen molar-refractivity contribution in [1.29, 1.82) is 0 Å². The number of hydrogen-bond donors (Lipinski definition) is 3. The van der Waals surface area contributed by atoms with Crippen LogP contribution in [0.5, 0.6) is 0 Å². The zero-order valence-corrected chi connectivity index (χ0v) is 23.5. The number of nitrogens with zero attached hydrogens (tertiary/aromatic N) is 10. The number of H-pyrrole nitrogens is 2. The van der Waals surface area contributed by atoms with E-state index in [9.17, 15) is 9.59 Å². The van der Waals surface area contributed by atoms with Crippen LogP contribution in [0.2, 0.25) is 0 Å². The first-order chi connectivity index (χ1) is 19.0. The lowest BCUT2D eigenvalue weighted by atomic mass is 10.4. The zero-order chi connectivity index (χ0) is 29.1. The fourth-order valence-electron chi connectivity index (χ4n) is 3.90. The van der Waals surface area contributed by atoms with Crippen molar-refractivity contribution in [2.75, 3.05) is 5.73 Å². The topological polar surface area (TPSA) is 197 Å². The summed E-state index contributed by atoms with van der Waals surface area (Å²) in [4.78, 5) is 56.3. The Balaban J connectivity index is 0.000000139. The molecule has 15 nitrogen and oxygen atoms in total. The van der Waals surface area contributed by atoms with E-state index in [4.69, 9.17) is 5.73 Å². The van der Waals surface area contributed by atoms with Gasteiger partial charge < -0.3 is 29.4 Å². The number of nitrogen functional groups attached to an aromatic ring is 1. The number of anilines is 1. The normalized spacial score (nSPS) is 11.3. The standard InChI is InChI=1S/C9H12N4O.C8H11N5.C8H10N4O/c1-5(2)13-4-10-7-8(13)11-6(3)12-9(7)14;1-5(2)13-4-12-6-7(9)10-3-11-8(6)13;1-5(2)12-4-11-6-7(12)9-3-10-8(6)13/h4-5H,1-3H3,(H,11,12,14);3-5H,1-2H3,(H2,9,10,11);3-5H,1-2H3,(H,9,10,13). The summed E-state index contributed by atoms with van der Waals surface area (Å²) in [6.07, 6.45) is 7.87. The van der Waals surface area contributed by atoms with Crippen LogP contribution in [-0.2, 0) is 0 Å². The third-order valence-corrected chi connectivity index (χ3v) is 5.97. The SMILES string of the molecule is CC(C)n1cnc2c(=O)[nH]cnc21.CC(C)n1cnc2c(N)ncnc21.Cc1nc2c(ncn2C(C)C)c(=O)[nH]1. The molecule has 6 rings (SSSR count). The molecule has 0 radical (unpaired) electrons. The fraction of sp³-hybridized carbons (Fsp3) is 0.400. The second kappa shape index (κ2) is 11.4. The number of aryl methyl sites for hydroxylation is 1. The molecule has 0 amide bonds. The minimum atomic E-state index is -0.190. The van der Waals surface area contributed by atoms with Crippen LogP contribution in [0.1, 0.15) is 65.5 Å². The largest absolute Gasteiger partial charge is 0.382 e. The predicted octanol–water partition coefficient (Wildman–Crippen LogP) is 2.70. The molecule has 0 saturated heterocycles. The van der Waals surface area contributed by atoms with Crippen LogP contribution in [0.3, 0.4) is 0 Å². The van der Waals surface area contributed by atoms with E-state index in [1.165, 1.54) is 12.7 Å². The Morgan fingerprint density at radius 3 is 1.75 bits per heavy atom. The summed E-state index contributed by atoms with van der Waals surface area (Å²) in [6, 6.07) is 0.854. The average Bonchev–Trinajstić information content (AvgIpc) is 3.62. The monoisotopic (exact) mass is 547 g/mol. The highest BCUT2D eigenvalue weighted by Crippen LogP contribution is 2.17. The smallest absolute Gasteiger partial charge is 0.279 e. The van der Waals surface area contributed by atoms with Crippen LogP contribution in [-0.4, -0.2) is 58.6 Å². The quantitative estimate of drug-likeness (QED) is 0.296. The van der Waals surface area contributed by atoms with Crippen LogP contribution < -0.4 is 16.9 Å². The first kappa shape index (κ1) is 28.1. The van der Waals surface area contributed by atoms with E-state index in [0.717, 1.165) is 5.65 Å². The van der Waals surface area contributed by atoms with E-state index in [1.54, 1.807) is 25.9 Å². The minimum Gasteiger partial charge on any atom is -0.382 e. The Labute approximate surface area is 228 Å². The van der Waals surface area contributed by atoms with Crippen molar-refractivity contribution in [2.24, 2.45) is 0 Å². The second-order valence-electron chi connectivity index (χ2n) is 9.90. The third-order valence-electron chi connectivity index (χ3n) is 5.97. The van der Waals surface area contributed by atoms with Gasteiger partial charge >= 0.3 is 0 Å². The molecule has 0 aromatic carbocycles. The number of nitrogens with two attached hydrogens (primary N) is 1. The Bertz CT molecular complexity index is 1870. The summed E-state index contributed by atoms with van der Waals surface area (Å²) < 4.78 is 5.72. The number of aromatic amines is 2. The van der Waals surface area contributed by atoms with Gasteiger partial charge in [0.15, 0.2) is 33.8 Å². The molecule has 15 heteroatoms. The van der Waals surface area contributed by atoms with Gasteiger partial charge in [-0.2, -0.15) is 0 Å². The van der Waals surface area contributed by atoms with Gasteiger partial charge in [-0.25, -0.2) is 34.9 Å². The van der Waals surface area contributed by atoms with Gasteiger partial charge in [-0.1, -0.05) is 0 Å². The van der Waals surface area contributed by atoms with Gasteiger partial charge in [0, 0.05) is 18.1 Å². The van der Waals surface area contributed by atoms with Crippen molar-refractivity contribution in [1.82, 2.24) is 58.6 Å². The first-order valence-corrected chi connectivity index (χ1v) is 12.8. The Morgan fingerprint density at radius 2 is 1.18 bits per heavy atom. The van der Waals surface area contributed by atoms with Crippen LogP contribution in [0.15, 0.2) is 41.2 Å². The maximum Gasteiger partial charge on any atom is 0.279 e. The molecule has 0 spiro atoms. The van der Waals surface area contributed by atoms with Gasteiger partial charge in [0.1, 0.15) is 17.7 Å². The molecule has 6 aromatic rings. The summed E-state index contributed by atoms with van der Waals surface area (Å²) in [7, 11) is 0. The van der Waals surface area contributed by atoms with Crippen molar-refractivity contribution in [3.8, 4) is 0 Å². The van der Waals surface area contributed by atoms with Gasteiger partial charge in [0.2, 0.25) is 0 Å². The molecule has 0 atom stereocenters. The van der Waals surface area contributed by atoms with E-state index in [1.807, 2.05) is 41.4 Å². The molecule has 0 bridgehead atoms. The molecule has 4 N–H and O–H groups in total. The second-order valence-corrected chi connectivity index (χ2v) is 9.90. The first-order valence-electron chi connectivity index (χ1n) is 12.8. The number of nitrogens with one attached hydrogen (secondary N) is 2. The molecule has 40 heavy (non-hydrogen) atoms. The number of imidazole rings is 3. The zero-order valence-electron chi connectivity index (χ0n) is 23.5. The van der Waals surface area contributed by atoms with Crippen molar-refractivity contribution >= 4 is 39.3 Å². The van der Waals surface area contributed by atoms with Crippen LogP contribution in [0.4, 0.5) is 5.82 Å². The van der Waals surface area contributed by atoms with E-state index >= 15 is 0 Å². The third kappa shape index (κ3) is 5.57. The Kier molecular flexibility index (Phi) is 8.02. The highest BCUT2D eigenvalue weighted by molar-refractivity contribution is 5.81. The molecule has 0 aliphatic heterocycles.